The van der Waals surface area contributed by atoms with Crippen LogP contribution in [0.3, 0.4) is 0 Å². The highest BCUT2D eigenvalue weighted by Gasteiger charge is 2.11. The van der Waals surface area contributed by atoms with Gasteiger partial charge in [-0.1, -0.05) is 12.1 Å². The van der Waals surface area contributed by atoms with Crippen LogP contribution in [0.1, 0.15) is 26.3 Å². The van der Waals surface area contributed by atoms with E-state index in [-0.39, 0.29) is 5.78 Å². The predicted molar refractivity (Wildman–Crippen MR) is 80.8 cm³/mol. The zero-order chi connectivity index (χ0) is 16.8. The van der Waals surface area contributed by atoms with Crippen molar-refractivity contribution in [1.82, 2.24) is 0 Å². The molecule has 0 spiro atoms. The van der Waals surface area contributed by atoms with Crippen molar-refractivity contribution in [3.63, 3.8) is 0 Å². The number of ketones is 1. The summed E-state index contributed by atoms with van der Waals surface area (Å²) >= 11 is 0. The molecule has 0 bridgehead atoms. The number of methoxy groups -OCH3 is 1. The SMILES string of the molecule is COC(=O)c1ccc(C(=O)c2ccc(OCC(=O)O)cc2)cc1. The van der Waals surface area contributed by atoms with Gasteiger partial charge in [-0.05, 0) is 36.4 Å². The van der Waals surface area contributed by atoms with Crippen molar-refractivity contribution in [3.8, 4) is 5.75 Å². The van der Waals surface area contributed by atoms with Crippen LogP contribution in [0.2, 0.25) is 0 Å². The third-order valence-electron chi connectivity index (χ3n) is 3.05. The van der Waals surface area contributed by atoms with Gasteiger partial charge < -0.3 is 14.6 Å². The third-order valence-corrected chi connectivity index (χ3v) is 3.05. The summed E-state index contributed by atoms with van der Waals surface area (Å²) in [6.45, 7) is -0.442. The number of hydrogen-bond acceptors (Lipinski definition) is 5. The molecule has 0 amide bonds. The zero-order valence-corrected chi connectivity index (χ0v) is 12.3. The largest absolute Gasteiger partial charge is 0.482 e. The molecule has 1 N–H and O–H groups in total. The minimum atomic E-state index is -1.07. The van der Waals surface area contributed by atoms with E-state index in [1.165, 1.54) is 31.4 Å². The average Bonchev–Trinajstić information content (AvgIpc) is 2.59. The second kappa shape index (κ2) is 7.22. The molecule has 0 aliphatic carbocycles. The first-order valence-corrected chi connectivity index (χ1v) is 6.69. The molecular formula is C17H14O6. The molecule has 0 radical (unpaired) electrons. The molecular weight excluding hydrogens is 300 g/mol. The lowest BCUT2D eigenvalue weighted by molar-refractivity contribution is -0.139. The van der Waals surface area contributed by atoms with Gasteiger partial charge in [-0.25, -0.2) is 9.59 Å². The molecule has 0 aliphatic rings. The van der Waals surface area contributed by atoms with E-state index in [0.29, 0.717) is 22.4 Å². The Labute approximate surface area is 132 Å². The Balaban J connectivity index is 2.10. The number of carbonyl (C=O) groups is 3. The topological polar surface area (TPSA) is 89.9 Å². The van der Waals surface area contributed by atoms with Crippen molar-refractivity contribution in [3.05, 3.63) is 65.2 Å². The summed E-state index contributed by atoms with van der Waals surface area (Å²) in [5.41, 5.74) is 1.22. The molecule has 0 atom stereocenters. The highest BCUT2D eigenvalue weighted by Crippen LogP contribution is 2.16. The maximum absolute atomic E-state index is 12.3. The lowest BCUT2D eigenvalue weighted by Crippen LogP contribution is -2.09. The highest BCUT2D eigenvalue weighted by molar-refractivity contribution is 6.09. The maximum Gasteiger partial charge on any atom is 0.341 e. The Bertz CT molecular complexity index is 716. The number of benzene rings is 2. The zero-order valence-electron chi connectivity index (χ0n) is 12.3. The Kier molecular flexibility index (Phi) is 5.09. The molecule has 0 fully saturated rings. The number of carbonyl (C=O) groups excluding carboxylic acids is 2. The molecule has 2 rings (SSSR count). The molecule has 0 saturated carbocycles. The van der Waals surface area contributed by atoms with Crippen molar-refractivity contribution in [2.24, 2.45) is 0 Å². The number of ether oxygens (including phenoxy) is 2. The summed E-state index contributed by atoms with van der Waals surface area (Å²) in [4.78, 5) is 34.1. The molecule has 0 aromatic heterocycles. The van der Waals surface area contributed by atoms with Crippen molar-refractivity contribution in [2.75, 3.05) is 13.7 Å². The van der Waals surface area contributed by atoms with Crippen LogP contribution in [-0.4, -0.2) is 36.5 Å². The van der Waals surface area contributed by atoms with Crippen LogP contribution >= 0.6 is 0 Å². The van der Waals surface area contributed by atoms with Crippen LogP contribution in [0.25, 0.3) is 0 Å². The van der Waals surface area contributed by atoms with Crippen molar-refractivity contribution >= 4 is 17.7 Å². The summed E-state index contributed by atoms with van der Waals surface area (Å²) in [7, 11) is 1.29. The van der Waals surface area contributed by atoms with E-state index in [2.05, 4.69) is 4.74 Å². The van der Waals surface area contributed by atoms with Gasteiger partial charge in [-0.3, -0.25) is 4.79 Å². The molecule has 2 aromatic rings. The van der Waals surface area contributed by atoms with Gasteiger partial charge in [0.15, 0.2) is 12.4 Å². The van der Waals surface area contributed by atoms with Gasteiger partial charge in [0.05, 0.1) is 12.7 Å². The quantitative estimate of drug-likeness (QED) is 0.649. The predicted octanol–water partition coefficient (Wildman–Crippen LogP) is 2.17. The first-order chi connectivity index (χ1) is 11.0. The van der Waals surface area contributed by atoms with Crippen LogP contribution in [-0.2, 0) is 9.53 Å². The van der Waals surface area contributed by atoms with E-state index in [4.69, 9.17) is 9.84 Å². The number of aliphatic carboxylic acids is 1. The molecule has 6 heteroatoms. The Morgan fingerprint density at radius 2 is 1.35 bits per heavy atom. The van der Waals surface area contributed by atoms with E-state index in [1.54, 1.807) is 24.3 Å². The fourth-order valence-corrected chi connectivity index (χ4v) is 1.89. The second-order valence-corrected chi connectivity index (χ2v) is 4.60. The van der Waals surface area contributed by atoms with Crippen molar-refractivity contribution in [1.29, 1.82) is 0 Å². The van der Waals surface area contributed by atoms with E-state index >= 15 is 0 Å². The van der Waals surface area contributed by atoms with E-state index < -0.39 is 18.5 Å². The van der Waals surface area contributed by atoms with Crippen LogP contribution < -0.4 is 4.74 Å². The highest BCUT2D eigenvalue weighted by atomic mass is 16.5. The van der Waals surface area contributed by atoms with Crippen molar-refractivity contribution in [2.45, 2.75) is 0 Å². The lowest BCUT2D eigenvalue weighted by Gasteiger charge is -2.05. The van der Waals surface area contributed by atoms with Crippen LogP contribution in [0.4, 0.5) is 0 Å². The first kappa shape index (κ1) is 16.2. The number of esters is 1. The molecule has 23 heavy (non-hydrogen) atoms. The van der Waals surface area contributed by atoms with E-state index in [9.17, 15) is 14.4 Å². The number of carboxylic acids is 1. The molecule has 6 nitrogen and oxygen atoms in total. The average molecular weight is 314 g/mol. The maximum atomic E-state index is 12.3. The van der Waals surface area contributed by atoms with Gasteiger partial charge >= 0.3 is 11.9 Å². The molecule has 2 aromatic carbocycles. The van der Waals surface area contributed by atoms with Gasteiger partial charge in [-0.2, -0.15) is 0 Å². The smallest absolute Gasteiger partial charge is 0.341 e. The van der Waals surface area contributed by atoms with Gasteiger partial charge in [0.25, 0.3) is 0 Å². The number of hydrogen-bond donors (Lipinski definition) is 1. The lowest BCUT2D eigenvalue weighted by atomic mass is 10.0. The molecule has 0 aliphatic heterocycles. The summed E-state index contributed by atoms with van der Waals surface area (Å²) in [6.07, 6.45) is 0. The monoisotopic (exact) mass is 314 g/mol. The van der Waals surface area contributed by atoms with Gasteiger partial charge in [0.2, 0.25) is 0 Å². The first-order valence-electron chi connectivity index (χ1n) is 6.69. The van der Waals surface area contributed by atoms with Crippen LogP contribution in [0, 0.1) is 0 Å². The fraction of sp³-hybridized carbons (Fsp3) is 0.118. The van der Waals surface area contributed by atoms with Crippen molar-refractivity contribution < 1.29 is 29.0 Å². The Morgan fingerprint density at radius 1 is 0.870 bits per heavy atom. The summed E-state index contributed by atoms with van der Waals surface area (Å²) in [5.74, 6) is -1.39. The fourth-order valence-electron chi connectivity index (χ4n) is 1.89. The minimum Gasteiger partial charge on any atom is -0.482 e. The Morgan fingerprint density at radius 3 is 1.83 bits per heavy atom. The molecule has 0 saturated heterocycles. The van der Waals surface area contributed by atoms with Gasteiger partial charge in [0.1, 0.15) is 5.75 Å². The number of carboxylic acid groups (broad SMARTS) is 1. The molecule has 118 valence electrons. The Hall–Kier alpha value is -3.15. The summed E-state index contributed by atoms with van der Waals surface area (Å²) in [6, 6.07) is 12.3. The summed E-state index contributed by atoms with van der Waals surface area (Å²) < 4.78 is 9.59. The normalized spacial score (nSPS) is 9.96. The van der Waals surface area contributed by atoms with Gasteiger partial charge in [-0.15, -0.1) is 0 Å². The van der Waals surface area contributed by atoms with E-state index in [1.807, 2.05) is 0 Å². The van der Waals surface area contributed by atoms with Crippen LogP contribution in [0.15, 0.2) is 48.5 Å². The molecule has 0 unspecified atom stereocenters. The second-order valence-electron chi connectivity index (χ2n) is 4.60. The van der Waals surface area contributed by atoms with Gasteiger partial charge in [0, 0.05) is 11.1 Å². The standard InChI is InChI=1S/C17H14O6/c1-22-17(21)13-4-2-11(3-5-13)16(20)12-6-8-14(9-7-12)23-10-15(18)19/h2-9H,10H2,1H3,(H,18,19). The summed E-state index contributed by atoms with van der Waals surface area (Å²) in [5, 5.41) is 8.53. The minimum absolute atomic E-state index is 0.216. The van der Waals surface area contributed by atoms with Crippen LogP contribution in [0.5, 0.6) is 5.75 Å². The third kappa shape index (κ3) is 4.16. The molecule has 0 heterocycles. The number of rotatable bonds is 6. The van der Waals surface area contributed by atoms with E-state index in [0.717, 1.165) is 0 Å².